The number of para-hydroxylation sites is 1. The van der Waals surface area contributed by atoms with Crippen molar-refractivity contribution in [3.05, 3.63) is 76.5 Å². The van der Waals surface area contributed by atoms with Crippen molar-refractivity contribution in [3.63, 3.8) is 0 Å². The van der Waals surface area contributed by atoms with Crippen LogP contribution in [0.2, 0.25) is 5.02 Å². The number of nitrogens with one attached hydrogen (secondary N) is 1. The molecule has 0 radical (unpaired) electrons. The van der Waals surface area contributed by atoms with Crippen molar-refractivity contribution in [2.75, 3.05) is 13.7 Å². The fraction of sp³-hybridized carbons (Fsp3) is 0.238. The lowest BCUT2D eigenvalue weighted by molar-refractivity contribution is 0.408. The lowest BCUT2D eigenvalue weighted by Crippen LogP contribution is -2.16. The fourth-order valence-electron chi connectivity index (χ4n) is 2.72. The number of ether oxygens (including phenoxy) is 1. The van der Waals surface area contributed by atoms with Crippen LogP contribution in [0, 0.1) is 6.92 Å². The summed E-state index contributed by atoms with van der Waals surface area (Å²) in [7, 11) is 1.70. The molecule has 0 aliphatic carbocycles. The molecule has 0 spiro atoms. The molecular formula is C21H22ClNO2. The van der Waals surface area contributed by atoms with Crippen molar-refractivity contribution in [2.24, 2.45) is 0 Å². The summed E-state index contributed by atoms with van der Waals surface area (Å²) in [4.78, 5) is 0. The van der Waals surface area contributed by atoms with Crippen LogP contribution in [-0.2, 0) is 13.0 Å². The molecule has 2 aromatic carbocycles. The van der Waals surface area contributed by atoms with E-state index in [0.717, 1.165) is 46.4 Å². The zero-order chi connectivity index (χ0) is 17.6. The van der Waals surface area contributed by atoms with E-state index in [1.54, 1.807) is 7.11 Å². The number of hydrogen-bond donors (Lipinski definition) is 1. The highest BCUT2D eigenvalue weighted by molar-refractivity contribution is 6.31. The van der Waals surface area contributed by atoms with Crippen LogP contribution in [0.1, 0.15) is 16.9 Å². The second-order valence-corrected chi connectivity index (χ2v) is 6.38. The monoisotopic (exact) mass is 355 g/mol. The zero-order valence-electron chi connectivity index (χ0n) is 14.5. The molecule has 3 aromatic rings. The quantitative estimate of drug-likeness (QED) is 0.588. The van der Waals surface area contributed by atoms with Crippen molar-refractivity contribution in [1.29, 1.82) is 0 Å². The zero-order valence-corrected chi connectivity index (χ0v) is 15.3. The predicted molar refractivity (Wildman–Crippen MR) is 102 cm³/mol. The van der Waals surface area contributed by atoms with Gasteiger partial charge < -0.3 is 14.5 Å². The molecule has 1 heterocycles. The van der Waals surface area contributed by atoms with Gasteiger partial charge in [-0.1, -0.05) is 41.9 Å². The van der Waals surface area contributed by atoms with E-state index in [0.29, 0.717) is 6.54 Å². The minimum Gasteiger partial charge on any atom is -0.496 e. The molecule has 4 heteroatoms. The van der Waals surface area contributed by atoms with Gasteiger partial charge in [-0.05, 0) is 55.3 Å². The summed E-state index contributed by atoms with van der Waals surface area (Å²) >= 11 is 6.19. The van der Waals surface area contributed by atoms with E-state index in [1.807, 2.05) is 55.5 Å². The Morgan fingerprint density at radius 2 is 1.92 bits per heavy atom. The molecule has 0 unspecified atom stereocenters. The molecule has 25 heavy (non-hydrogen) atoms. The first-order valence-corrected chi connectivity index (χ1v) is 8.73. The third-order valence-electron chi connectivity index (χ3n) is 4.18. The Morgan fingerprint density at radius 3 is 2.72 bits per heavy atom. The van der Waals surface area contributed by atoms with Crippen LogP contribution in [0.3, 0.4) is 0 Å². The maximum Gasteiger partial charge on any atom is 0.134 e. The lowest BCUT2D eigenvalue weighted by Gasteiger charge is -2.08. The Morgan fingerprint density at radius 1 is 1.08 bits per heavy atom. The number of halogens is 1. The Labute approximate surface area is 153 Å². The molecular weight excluding hydrogens is 334 g/mol. The highest BCUT2D eigenvalue weighted by atomic mass is 35.5. The van der Waals surface area contributed by atoms with E-state index in [-0.39, 0.29) is 0 Å². The molecule has 0 aliphatic heterocycles. The van der Waals surface area contributed by atoms with Crippen LogP contribution in [0.5, 0.6) is 5.75 Å². The summed E-state index contributed by atoms with van der Waals surface area (Å²) < 4.78 is 11.3. The number of rotatable bonds is 7. The smallest absolute Gasteiger partial charge is 0.134 e. The third-order valence-corrected chi connectivity index (χ3v) is 4.59. The lowest BCUT2D eigenvalue weighted by atomic mass is 10.1. The van der Waals surface area contributed by atoms with Crippen molar-refractivity contribution < 1.29 is 9.15 Å². The van der Waals surface area contributed by atoms with Crippen molar-refractivity contribution in [3.8, 4) is 17.1 Å². The number of methoxy groups -OCH3 is 1. The maximum absolute atomic E-state index is 6.19. The molecule has 0 atom stereocenters. The van der Waals surface area contributed by atoms with Crippen LogP contribution >= 0.6 is 11.6 Å². The average molecular weight is 356 g/mol. The molecule has 1 N–H and O–H groups in total. The summed E-state index contributed by atoms with van der Waals surface area (Å²) in [5.41, 5.74) is 3.26. The summed E-state index contributed by atoms with van der Waals surface area (Å²) in [6.07, 6.45) is 0.908. The first-order chi connectivity index (χ1) is 12.2. The second-order valence-electron chi connectivity index (χ2n) is 5.97. The van der Waals surface area contributed by atoms with Gasteiger partial charge >= 0.3 is 0 Å². The van der Waals surface area contributed by atoms with E-state index in [4.69, 9.17) is 20.8 Å². The second kappa shape index (κ2) is 8.24. The number of furan rings is 1. The molecule has 0 bridgehead atoms. The molecule has 0 aliphatic rings. The predicted octanol–water partition coefficient (Wildman–Crippen LogP) is 5.25. The SMILES string of the molecule is COc1ccccc1CCNCc1ccc(-c2ccc(C)c(Cl)c2)o1. The fourth-order valence-corrected chi connectivity index (χ4v) is 2.90. The van der Waals surface area contributed by atoms with Gasteiger partial charge in [-0.2, -0.15) is 0 Å². The van der Waals surface area contributed by atoms with Crippen LogP contribution in [-0.4, -0.2) is 13.7 Å². The normalized spacial score (nSPS) is 10.8. The number of benzene rings is 2. The van der Waals surface area contributed by atoms with Gasteiger partial charge in [0.25, 0.3) is 0 Å². The van der Waals surface area contributed by atoms with Gasteiger partial charge in [-0.15, -0.1) is 0 Å². The van der Waals surface area contributed by atoms with Gasteiger partial charge in [-0.3, -0.25) is 0 Å². The first kappa shape index (κ1) is 17.6. The van der Waals surface area contributed by atoms with Gasteiger partial charge in [0.15, 0.2) is 0 Å². The van der Waals surface area contributed by atoms with Crippen molar-refractivity contribution >= 4 is 11.6 Å². The van der Waals surface area contributed by atoms with E-state index in [2.05, 4.69) is 11.4 Å². The Balaban J connectivity index is 1.54. The summed E-state index contributed by atoms with van der Waals surface area (Å²) in [5, 5.41) is 4.17. The number of aryl methyl sites for hydroxylation is 1. The van der Waals surface area contributed by atoms with E-state index >= 15 is 0 Å². The Hall–Kier alpha value is -2.23. The van der Waals surface area contributed by atoms with Gasteiger partial charge in [0.1, 0.15) is 17.3 Å². The summed E-state index contributed by atoms with van der Waals surface area (Å²) in [5.74, 6) is 2.68. The molecule has 0 fully saturated rings. The molecule has 0 saturated heterocycles. The average Bonchev–Trinajstić information content (AvgIpc) is 3.10. The minimum absolute atomic E-state index is 0.689. The van der Waals surface area contributed by atoms with Gasteiger partial charge in [-0.25, -0.2) is 0 Å². The van der Waals surface area contributed by atoms with Crippen molar-refractivity contribution in [2.45, 2.75) is 19.9 Å². The molecule has 3 nitrogen and oxygen atoms in total. The molecule has 3 rings (SSSR count). The topological polar surface area (TPSA) is 34.4 Å². The Bertz CT molecular complexity index is 841. The standard InChI is InChI=1S/C21H22ClNO2/c1-15-7-8-17(13-19(15)22)21-10-9-18(25-21)14-23-12-11-16-5-3-4-6-20(16)24-2/h3-10,13,23H,11-12,14H2,1-2H3. The van der Waals surface area contributed by atoms with E-state index < -0.39 is 0 Å². The molecule has 1 aromatic heterocycles. The van der Waals surface area contributed by atoms with Crippen LogP contribution in [0.15, 0.2) is 59.0 Å². The largest absolute Gasteiger partial charge is 0.496 e. The maximum atomic E-state index is 6.19. The summed E-state index contributed by atoms with van der Waals surface area (Å²) in [6.45, 7) is 3.53. The van der Waals surface area contributed by atoms with Crippen LogP contribution in [0.4, 0.5) is 0 Å². The Kier molecular flexibility index (Phi) is 5.79. The third kappa shape index (κ3) is 4.44. The van der Waals surface area contributed by atoms with Crippen molar-refractivity contribution in [1.82, 2.24) is 5.32 Å². The van der Waals surface area contributed by atoms with Gasteiger partial charge in [0, 0.05) is 10.6 Å². The van der Waals surface area contributed by atoms with Gasteiger partial charge in [0.05, 0.1) is 13.7 Å². The van der Waals surface area contributed by atoms with Gasteiger partial charge in [0.2, 0.25) is 0 Å². The number of hydrogen-bond acceptors (Lipinski definition) is 3. The van der Waals surface area contributed by atoms with Crippen LogP contribution in [0.25, 0.3) is 11.3 Å². The summed E-state index contributed by atoms with van der Waals surface area (Å²) in [6, 6.07) is 18.0. The highest BCUT2D eigenvalue weighted by Crippen LogP contribution is 2.27. The molecule has 0 amide bonds. The molecule has 0 saturated carbocycles. The first-order valence-electron chi connectivity index (χ1n) is 8.35. The van der Waals surface area contributed by atoms with E-state index in [1.165, 1.54) is 5.56 Å². The highest BCUT2D eigenvalue weighted by Gasteiger charge is 2.07. The van der Waals surface area contributed by atoms with E-state index in [9.17, 15) is 0 Å². The molecule has 130 valence electrons. The minimum atomic E-state index is 0.689. The van der Waals surface area contributed by atoms with Crippen LogP contribution < -0.4 is 10.1 Å².